The van der Waals surface area contributed by atoms with Crippen LogP contribution >= 0.6 is 0 Å². The third kappa shape index (κ3) is 3.42. The highest BCUT2D eigenvalue weighted by Crippen LogP contribution is 2.36. The molecule has 2 N–H and O–H groups in total. The molecule has 1 fully saturated rings. The number of rotatable bonds is 2. The highest BCUT2D eigenvalue weighted by molar-refractivity contribution is 5.98. The Bertz CT molecular complexity index is 862. The molecule has 4 rings (SSSR count). The molecule has 9 heteroatoms. The second-order valence-electron chi connectivity index (χ2n) is 6.79. The fourth-order valence-electron chi connectivity index (χ4n) is 3.77. The van der Waals surface area contributed by atoms with Gasteiger partial charge in [-0.1, -0.05) is 12.1 Å². The first-order valence-electron chi connectivity index (χ1n) is 9.35. The van der Waals surface area contributed by atoms with Crippen LogP contribution in [0.1, 0.15) is 19.3 Å². The Labute approximate surface area is 162 Å². The first-order chi connectivity index (χ1) is 13.6. The highest BCUT2D eigenvalue weighted by Gasteiger charge is 2.32. The number of para-hydroxylation sites is 2. The van der Waals surface area contributed by atoms with Gasteiger partial charge in [-0.05, 0) is 31.4 Å². The van der Waals surface area contributed by atoms with Crippen molar-refractivity contribution in [1.82, 2.24) is 20.2 Å². The maximum Gasteiger partial charge on any atom is 0.408 e. The number of likely N-dealkylation sites (tertiary alicyclic amines) is 1. The van der Waals surface area contributed by atoms with Crippen molar-refractivity contribution < 1.29 is 14.7 Å². The van der Waals surface area contributed by atoms with Crippen LogP contribution in [0.5, 0.6) is 0 Å². The van der Waals surface area contributed by atoms with Crippen LogP contribution in [0.3, 0.4) is 0 Å². The van der Waals surface area contributed by atoms with E-state index in [4.69, 9.17) is 0 Å². The quantitative estimate of drug-likeness (QED) is 0.828. The maximum absolute atomic E-state index is 13.0. The summed E-state index contributed by atoms with van der Waals surface area (Å²) in [6.45, 7) is 1.47. The Balaban J connectivity index is 1.56. The van der Waals surface area contributed by atoms with E-state index in [9.17, 15) is 14.7 Å². The van der Waals surface area contributed by atoms with Crippen molar-refractivity contribution in [3.63, 3.8) is 0 Å². The van der Waals surface area contributed by atoms with Crippen molar-refractivity contribution >= 4 is 29.3 Å². The average molecular weight is 382 g/mol. The van der Waals surface area contributed by atoms with Gasteiger partial charge in [-0.15, -0.1) is 0 Å². The van der Waals surface area contributed by atoms with Gasteiger partial charge >= 0.3 is 12.1 Å². The molecule has 1 atom stereocenters. The summed E-state index contributed by atoms with van der Waals surface area (Å²) in [4.78, 5) is 37.9. The molecule has 28 heavy (non-hydrogen) atoms. The van der Waals surface area contributed by atoms with Crippen LogP contribution in [0.15, 0.2) is 42.9 Å². The predicted molar refractivity (Wildman–Crippen MR) is 104 cm³/mol. The molecule has 146 valence electrons. The standard InChI is InChI=1S/C19H22N6O3/c26-18(22-16-7-3-4-10-25(16)19(27)28)24-12-11-23(17-13-20-8-9-21-17)14-5-1-2-6-15(14)24/h1-2,5-6,8-9,13,16H,3-4,7,10-12H2,(H,22,26)(H,27,28). The van der Waals surface area contributed by atoms with Crippen LogP contribution in [0.2, 0.25) is 0 Å². The van der Waals surface area contributed by atoms with Gasteiger partial charge in [-0.2, -0.15) is 0 Å². The van der Waals surface area contributed by atoms with Crippen molar-refractivity contribution in [1.29, 1.82) is 0 Å². The molecule has 0 spiro atoms. The van der Waals surface area contributed by atoms with E-state index in [1.165, 1.54) is 4.90 Å². The number of amides is 3. The summed E-state index contributed by atoms with van der Waals surface area (Å²) >= 11 is 0. The lowest BCUT2D eigenvalue weighted by molar-refractivity contribution is 0.0977. The zero-order valence-electron chi connectivity index (χ0n) is 15.4. The SMILES string of the molecule is O=C(NC1CCCCN1C(=O)O)N1CCN(c2cnccn2)c2ccccc21. The van der Waals surface area contributed by atoms with Crippen molar-refractivity contribution in [2.24, 2.45) is 0 Å². The van der Waals surface area contributed by atoms with E-state index in [-0.39, 0.29) is 6.03 Å². The van der Waals surface area contributed by atoms with E-state index in [1.54, 1.807) is 23.5 Å². The van der Waals surface area contributed by atoms with Crippen molar-refractivity contribution in [3.05, 3.63) is 42.9 Å². The van der Waals surface area contributed by atoms with Crippen LogP contribution in [0.25, 0.3) is 0 Å². The molecule has 0 radical (unpaired) electrons. The number of benzene rings is 1. The lowest BCUT2D eigenvalue weighted by Crippen LogP contribution is -2.57. The smallest absolute Gasteiger partial charge is 0.408 e. The molecule has 9 nitrogen and oxygen atoms in total. The molecule has 2 aromatic rings. The number of piperidine rings is 1. The third-order valence-electron chi connectivity index (χ3n) is 5.12. The van der Waals surface area contributed by atoms with Gasteiger partial charge in [0.2, 0.25) is 0 Å². The van der Waals surface area contributed by atoms with Crippen molar-refractivity contribution in [2.75, 3.05) is 29.4 Å². The Kier molecular flexibility index (Phi) is 4.96. The van der Waals surface area contributed by atoms with E-state index in [0.29, 0.717) is 26.1 Å². The van der Waals surface area contributed by atoms with Crippen LogP contribution in [0.4, 0.5) is 26.8 Å². The Morgan fingerprint density at radius 3 is 2.64 bits per heavy atom. The molecule has 2 aliphatic rings. The van der Waals surface area contributed by atoms with Gasteiger partial charge in [-0.3, -0.25) is 14.8 Å². The number of carboxylic acid groups (broad SMARTS) is 1. The molecule has 3 amide bonds. The number of nitrogens with one attached hydrogen (secondary N) is 1. The minimum absolute atomic E-state index is 0.288. The molecule has 1 saturated heterocycles. The summed E-state index contributed by atoms with van der Waals surface area (Å²) in [5.41, 5.74) is 1.62. The number of carbonyl (C=O) groups excluding carboxylic acids is 1. The van der Waals surface area contributed by atoms with Crippen LogP contribution < -0.4 is 15.1 Å². The first-order valence-corrected chi connectivity index (χ1v) is 9.35. The fraction of sp³-hybridized carbons (Fsp3) is 0.368. The molecule has 1 unspecified atom stereocenters. The van der Waals surface area contributed by atoms with E-state index in [2.05, 4.69) is 15.3 Å². The zero-order valence-corrected chi connectivity index (χ0v) is 15.4. The van der Waals surface area contributed by atoms with E-state index < -0.39 is 12.3 Å². The van der Waals surface area contributed by atoms with Gasteiger partial charge in [0.25, 0.3) is 0 Å². The monoisotopic (exact) mass is 382 g/mol. The first kappa shape index (κ1) is 18.0. The third-order valence-corrected chi connectivity index (χ3v) is 5.12. The molecule has 1 aromatic heterocycles. The second-order valence-corrected chi connectivity index (χ2v) is 6.79. The van der Waals surface area contributed by atoms with Gasteiger partial charge in [0.05, 0.1) is 17.6 Å². The number of hydrogen-bond acceptors (Lipinski definition) is 5. The van der Waals surface area contributed by atoms with Crippen LogP contribution in [0, 0.1) is 0 Å². The zero-order chi connectivity index (χ0) is 19.5. The summed E-state index contributed by atoms with van der Waals surface area (Å²) in [7, 11) is 0. The van der Waals surface area contributed by atoms with Crippen LogP contribution in [-0.2, 0) is 0 Å². The molecular formula is C19H22N6O3. The predicted octanol–water partition coefficient (Wildman–Crippen LogP) is 2.63. The average Bonchev–Trinajstić information content (AvgIpc) is 2.73. The summed E-state index contributed by atoms with van der Waals surface area (Å²) in [6, 6.07) is 7.32. The van der Waals surface area contributed by atoms with Gasteiger partial charge in [0, 0.05) is 32.0 Å². The van der Waals surface area contributed by atoms with Crippen molar-refractivity contribution in [3.8, 4) is 0 Å². The minimum atomic E-state index is -1.00. The molecule has 0 aliphatic carbocycles. The topological polar surface area (TPSA) is 102 Å². The molecule has 3 heterocycles. The lowest BCUT2D eigenvalue weighted by atomic mass is 10.1. The van der Waals surface area contributed by atoms with E-state index in [1.807, 2.05) is 29.2 Å². The number of aromatic nitrogens is 2. The second kappa shape index (κ2) is 7.71. The van der Waals surface area contributed by atoms with Crippen molar-refractivity contribution in [2.45, 2.75) is 25.4 Å². The number of carbonyl (C=O) groups is 2. The largest absolute Gasteiger partial charge is 0.465 e. The summed E-state index contributed by atoms with van der Waals surface area (Å²) in [5.74, 6) is 0.722. The van der Waals surface area contributed by atoms with E-state index >= 15 is 0 Å². The summed E-state index contributed by atoms with van der Waals surface area (Å²) < 4.78 is 0. The molecular weight excluding hydrogens is 360 g/mol. The van der Waals surface area contributed by atoms with Crippen LogP contribution in [-0.4, -0.2) is 57.9 Å². The van der Waals surface area contributed by atoms with Gasteiger partial charge in [0.1, 0.15) is 6.17 Å². The summed E-state index contributed by atoms with van der Waals surface area (Å²) in [6.07, 6.45) is 5.79. The number of anilines is 3. The fourth-order valence-corrected chi connectivity index (χ4v) is 3.77. The van der Waals surface area contributed by atoms with Gasteiger partial charge in [0.15, 0.2) is 5.82 Å². The molecule has 0 bridgehead atoms. The Hall–Kier alpha value is -3.36. The number of fused-ring (bicyclic) bond motifs is 1. The van der Waals surface area contributed by atoms with E-state index in [0.717, 1.165) is 30.0 Å². The Morgan fingerprint density at radius 2 is 1.89 bits per heavy atom. The summed E-state index contributed by atoms with van der Waals surface area (Å²) in [5, 5.41) is 12.3. The number of hydrogen-bond donors (Lipinski definition) is 2. The van der Waals surface area contributed by atoms with Gasteiger partial charge in [-0.25, -0.2) is 14.6 Å². The number of nitrogens with zero attached hydrogens (tertiary/aromatic N) is 5. The lowest BCUT2D eigenvalue weighted by Gasteiger charge is -2.39. The van der Waals surface area contributed by atoms with Gasteiger partial charge < -0.3 is 15.3 Å². The Morgan fingerprint density at radius 1 is 1.07 bits per heavy atom. The maximum atomic E-state index is 13.0. The normalized spacial score (nSPS) is 19.1. The molecule has 1 aromatic carbocycles. The molecule has 2 aliphatic heterocycles. The highest BCUT2D eigenvalue weighted by atomic mass is 16.4. The minimum Gasteiger partial charge on any atom is -0.465 e. The molecule has 0 saturated carbocycles. The number of urea groups is 1.